The fraction of sp³-hybridized carbons (Fsp3) is 0.765. The molecule has 1 rings (SSSR count). The maximum Gasteiger partial charge on any atom is 0.130 e. The molecule has 1 aromatic rings. The van der Waals surface area contributed by atoms with Gasteiger partial charge in [-0.25, -0.2) is 9.97 Å². The third kappa shape index (κ3) is 6.10. The third-order valence-corrected chi connectivity index (χ3v) is 3.59. The van der Waals surface area contributed by atoms with Gasteiger partial charge < -0.3 is 10.2 Å². The van der Waals surface area contributed by atoms with Crippen molar-refractivity contribution in [3.8, 4) is 0 Å². The molecular formula is C17H32N4. The van der Waals surface area contributed by atoms with Crippen molar-refractivity contribution in [2.75, 3.05) is 27.2 Å². The molecule has 0 bridgehead atoms. The fourth-order valence-electron chi connectivity index (χ4n) is 2.50. The zero-order chi connectivity index (χ0) is 16.2. The van der Waals surface area contributed by atoms with E-state index in [0.29, 0.717) is 5.92 Å². The predicted octanol–water partition coefficient (Wildman–Crippen LogP) is 2.69. The minimum absolute atomic E-state index is 0.141. The van der Waals surface area contributed by atoms with Crippen molar-refractivity contribution >= 4 is 0 Å². The van der Waals surface area contributed by atoms with Gasteiger partial charge in [0.2, 0.25) is 0 Å². The van der Waals surface area contributed by atoms with Gasteiger partial charge in [-0.05, 0) is 60.2 Å². The Bertz CT molecular complexity index is 437. The first-order chi connectivity index (χ1) is 9.60. The van der Waals surface area contributed by atoms with Crippen LogP contribution >= 0.6 is 0 Å². The Balaban J connectivity index is 2.83. The summed E-state index contributed by atoms with van der Waals surface area (Å²) >= 11 is 0. The van der Waals surface area contributed by atoms with E-state index >= 15 is 0 Å². The Labute approximate surface area is 130 Å². The first-order valence-corrected chi connectivity index (χ1v) is 7.84. The van der Waals surface area contributed by atoms with Crippen LogP contribution in [-0.2, 0) is 6.42 Å². The van der Waals surface area contributed by atoms with Gasteiger partial charge in [-0.2, -0.15) is 0 Å². The predicted molar refractivity (Wildman–Crippen MR) is 89.9 cm³/mol. The monoisotopic (exact) mass is 292 g/mol. The molecule has 1 atom stereocenters. The second-order valence-corrected chi connectivity index (χ2v) is 7.31. The lowest BCUT2D eigenvalue weighted by Crippen LogP contribution is -2.38. The van der Waals surface area contributed by atoms with E-state index in [9.17, 15) is 0 Å². The summed E-state index contributed by atoms with van der Waals surface area (Å²) in [5, 5.41) is 3.57. The van der Waals surface area contributed by atoms with Crippen LogP contribution in [0.15, 0.2) is 0 Å². The van der Waals surface area contributed by atoms with E-state index in [1.807, 2.05) is 0 Å². The van der Waals surface area contributed by atoms with Crippen LogP contribution < -0.4 is 5.32 Å². The summed E-state index contributed by atoms with van der Waals surface area (Å²) < 4.78 is 0. The summed E-state index contributed by atoms with van der Waals surface area (Å²) in [7, 11) is 4.16. The van der Waals surface area contributed by atoms with Crippen molar-refractivity contribution < 1.29 is 0 Å². The zero-order valence-electron chi connectivity index (χ0n) is 15.0. The van der Waals surface area contributed by atoms with Crippen LogP contribution in [0.4, 0.5) is 0 Å². The molecular weight excluding hydrogens is 260 g/mol. The van der Waals surface area contributed by atoms with E-state index in [-0.39, 0.29) is 5.54 Å². The van der Waals surface area contributed by atoms with Crippen molar-refractivity contribution in [1.29, 1.82) is 0 Å². The van der Waals surface area contributed by atoms with Crippen LogP contribution in [0.5, 0.6) is 0 Å². The third-order valence-electron chi connectivity index (χ3n) is 3.59. The molecule has 120 valence electrons. The quantitative estimate of drug-likeness (QED) is 0.875. The van der Waals surface area contributed by atoms with Crippen molar-refractivity contribution in [3.05, 3.63) is 22.8 Å². The molecule has 1 heterocycles. The Morgan fingerprint density at radius 2 is 1.62 bits per heavy atom. The van der Waals surface area contributed by atoms with Crippen molar-refractivity contribution in [3.63, 3.8) is 0 Å². The summed E-state index contributed by atoms with van der Waals surface area (Å²) in [6, 6.07) is 0. The lowest BCUT2D eigenvalue weighted by Gasteiger charge is -2.25. The maximum atomic E-state index is 4.71. The van der Waals surface area contributed by atoms with Crippen LogP contribution in [0.2, 0.25) is 0 Å². The molecule has 4 nitrogen and oxygen atoms in total. The molecule has 21 heavy (non-hydrogen) atoms. The lowest BCUT2D eigenvalue weighted by atomic mass is 9.96. The number of hydrogen-bond acceptors (Lipinski definition) is 4. The van der Waals surface area contributed by atoms with Gasteiger partial charge in [0.15, 0.2) is 0 Å². The van der Waals surface area contributed by atoms with E-state index in [0.717, 1.165) is 36.7 Å². The largest absolute Gasteiger partial charge is 0.311 e. The second-order valence-electron chi connectivity index (χ2n) is 7.31. The first-order valence-electron chi connectivity index (χ1n) is 7.84. The van der Waals surface area contributed by atoms with Gasteiger partial charge in [0.25, 0.3) is 0 Å². The van der Waals surface area contributed by atoms with Crippen LogP contribution in [0.3, 0.4) is 0 Å². The molecule has 1 unspecified atom stereocenters. The average molecular weight is 292 g/mol. The fourth-order valence-corrected chi connectivity index (χ4v) is 2.50. The van der Waals surface area contributed by atoms with E-state index in [1.54, 1.807) is 0 Å². The molecule has 0 fully saturated rings. The van der Waals surface area contributed by atoms with Gasteiger partial charge >= 0.3 is 0 Å². The van der Waals surface area contributed by atoms with Crippen molar-refractivity contribution in [2.24, 2.45) is 0 Å². The molecule has 1 N–H and O–H groups in total. The number of hydrogen-bond donors (Lipinski definition) is 1. The second kappa shape index (κ2) is 7.32. The van der Waals surface area contributed by atoms with E-state index in [4.69, 9.17) is 9.97 Å². The Kier molecular flexibility index (Phi) is 6.29. The molecule has 0 spiro atoms. The standard InChI is InChI=1S/C17H32N4/c1-12(11-18-17(4,5)6)16-13(2)19-15(20-14(16)3)9-10-21(7)8/h12,18H,9-11H2,1-8H3. The van der Waals surface area contributed by atoms with Crippen molar-refractivity contribution in [1.82, 2.24) is 20.2 Å². The Hall–Kier alpha value is -1.00. The number of aryl methyl sites for hydroxylation is 2. The molecule has 0 aliphatic rings. The smallest absolute Gasteiger partial charge is 0.130 e. The highest BCUT2D eigenvalue weighted by Gasteiger charge is 2.17. The minimum atomic E-state index is 0.141. The highest BCUT2D eigenvalue weighted by Crippen LogP contribution is 2.21. The van der Waals surface area contributed by atoms with Gasteiger partial charge in [0, 0.05) is 36.4 Å². The van der Waals surface area contributed by atoms with Gasteiger partial charge in [-0.3, -0.25) is 0 Å². The van der Waals surface area contributed by atoms with E-state index in [2.05, 4.69) is 65.9 Å². The molecule has 0 saturated heterocycles. The van der Waals surface area contributed by atoms with Gasteiger partial charge in [0.05, 0.1) is 0 Å². The van der Waals surface area contributed by atoms with Gasteiger partial charge in [-0.1, -0.05) is 6.92 Å². The minimum Gasteiger partial charge on any atom is -0.311 e. The van der Waals surface area contributed by atoms with Crippen molar-refractivity contribution in [2.45, 2.75) is 59.4 Å². The van der Waals surface area contributed by atoms with Crippen LogP contribution in [0.1, 0.15) is 56.4 Å². The SMILES string of the molecule is Cc1nc(CCN(C)C)nc(C)c1C(C)CNC(C)(C)C. The summed E-state index contributed by atoms with van der Waals surface area (Å²) in [5.41, 5.74) is 3.68. The first kappa shape index (κ1) is 18.1. The topological polar surface area (TPSA) is 41.1 Å². The summed E-state index contributed by atoms with van der Waals surface area (Å²) in [6.07, 6.45) is 0.906. The number of likely N-dealkylation sites (N-methyl/N-ethyl adjacent to an activating group) is 1. The Morgan fingerprint density at radius 3 is 2.05 bits per heavy atom. The number of nitrogens with zero attached hydrogens (tertiary/aromatic N) is 3. The molecule has 0 radical (unpaired) electrons. The summed E-state index contributed by atoms with van der Waals surface area (Å²) in [6.45, 7) is 15.0. The number of rotatable bonds is 6. The number of aromatic nitrogens is 2. The van der Waals surface area contributed by atoms with E-state index < -0.39 is 0 Å². The van der Waals surface area contributed by atoms with Crippen LogP contribution in [0.25, 0.3) is 0 Å². The molecule has 1 aromatic heterocycles. The molecule has 0 saturated carbocycles. The van der Waals surface area contributed by atoms with E-state index in [1.165, 1.54) is 5.56 Å². The van der Waals surface area contributed by atoms with Crippen LogP contribution in [0, 0.1) is 13.8 Å². The van der Waals surface area contributed by atoms with Crippen LogP contribution in [-0.4, -0.2) is 47.6 Å². The molecule has 0 aliphatic heterocycles. The van der Waals surface area contributed by atoms with Gasteiger partial charge in [0.1, 0.15) is 5.82 Å². The highest BCUT2D eigenvalue weighted by molar-refractivity contribution is 5.28. The molecule has 0 aromatic carbocycles. The summed E-state index contributed by atoms with van der Waals surface area (Å²) in [5.74, 6) is 1.38. The molecule has 0 amide bonds. The normalized spacial score (nSPS) is 13.8. The maximum absolute atomic E-state index is 4.71. The van der Waals surface area contributed by atoms with Gasteiger partial charge in [-0.15, -0.1) is 0 Å². The highest BCUT2D eigenvalue weighted by atomic mass is 15.1. The molecule has 4 heteroatoms. The Morgan fingerprint density at radius 1 is 1.10 bits per heavy atom. The molecule has 0 aliphatic carbocycles. The lowest BCUT2D eigenvalue weighted by molar-refractivity contribution is 0.407. The zero-order valence-corrected chi connectivity index (χ0v) is 15.0. The number of nitrogens with one attached hydrogen (secondary N) is 1. The average Bonchev–Trinajstić information content (AvgIpc) is 2.32. The summed E-state index contributed by atoms with van der Waals surface area (Å²) in [4.78, 5) is 11.6.